The van der Waals surface area contributed by atoms with Crippen molar-refractivity contribution in [2.45, 2.75) is 58.2 Å². The van der Waals surface area contributed by atoms with Gasteiger partial charge < -0.3 is 4.74 Å². The van der Waals surface area contributed by atoms with Crippen molar-refractivity contribution < 1.29 is 9.53 Å². The molecule has 0 aromatic carbocycles. The first-order valence-electron chi connectivity index (χ1n) is 6.81. The molecule has 1 heterocycles. The van der Waals surface area contributed by atoms with Crippen LogP contribution < -0.4 is 5.32 Å². The second-order valence-electron chi connectivity index (χ2n) is 5.35. The highest BCUT2D eigenvalue weighted by Gasteiger charge is 2.33. The monoisotopic (exact) mass is 267 g/mol. The summed E-state index contributed by atoms with van der Waals surface area (Å²) in [5.41, 5.74) is -0.604. The Morgan fingerprint density at radius 2 is 2.21 bits per heavy atom. The van der Waals surface area contributed by atoms with Crippen LogP contribution in [0.25, 0.3) is 0 Å². The largest absolute Gasteiger partial charge is 0.468 e. The number of hydrogen-bond acceptors (Lipinski definition) is 4. The second kappa shape index (κ2) is 7.28. The van der Waals surface area contributed by atoms with E-state index in [0.717, 1.165) is 25.8 Å². The van der Waals surface area contributed by atoms with E-state index < -0.39 is 5.54 Å². The first-order valence-corrected chi connectivity index (χ1v) is 6.81. The molecular weight excluding hydrogens is 242 g/mol. The summed E-state index contributed by atoms with van der Waals surface area (Å²) < 4.78 is 6.81. The lowest BCUT2D eigenvalue weighted by Gasteiger charge is -2.30. The fourth-order valence-electron chi connectivity index (χ4n) is 2.28. The molecule has 0 aliphatic heterocycles. The standard InChI is InChI=1S/C14H25N3O2/c1-12(2)16-14(3,13(18)19-4)8-5-6-10-17-11-7-9-15-17/h7,9,11-12,16H,5-6,8,10H2,1-4H3. The highest BCUT2D eigenvalue weighted by atomic mass is 16.5. The quantitative estimate of drug-likeness (QED) is 0.578. The number of nitrogens with one attached hydrogen (secondary N) is 1. The fraction of sp³-hybridized carbons (Fsp3) is 0.714. The van der Waals surface area contributed by atoms with Crippen molar-refractivity contribution in [3.63, 3.8) is 0 Å². The van der Waals surface area contributed by atoms with Gasteiger partial charge in [-0.15, -0.1) is 0 Å². The van der Waals surface area contributed by atoms with Crippen LogP contribution in [0.4, 0.5) is 0 Å². The van der Waals surface area contributed by atoms with Gasteiger partial charge in [0.15, 0.2) is 0 Å². The molecule has 0 aliphatic carbocycles. The minimum absolute atomic E-state index is 0.194. The molecule has 1 rings (SSSR count). The van der Waals surface area contributed by atoms with Gasteiger partial charge in [0.2, 0.25) is 0 Å². The molecule has 0 fully saturated rings. The number of ether oxygens (including phenoxy) is 1. The molecule has 1 N–H and O–H groups in total. The Balaban J connectivity index is 2.42. The Labute approximate surface area is 115 Å². The predicted octanol–water partition coefficient (Wildman–Crippen LogP) is 1.98. The molecule has 1 unspecified atom stereocenters. The Morgan fingerprint density at radius 1 is 1.47 bits per heavy atom. The summed E-state index contributed by atoms with van der Waals surface area (Å²) in [4.78, 5) is 11.9. The number of rotatable bonds is 8. The number of hydrogen-bond donors (Lipinski definition) is 1. The highest BCUT2D eigenvalue weighted by molar-refractivity contribution is 5.80. The molecule has 1 aromatic rings. The first kappa shape index (κ1) is 15.7. The average molecular weight is 267 g/mol. The third kappa shape index (κ3) is 5.03. The number of esters is 1. The van der Waals surface area contributed by atoms with Gasteiger partial charge in [-0.25, -0.2) is 0 Å². The van der Waals surface area contributed by atoms with E-state index in [-0.39, 0.29) is 12.0 Å². The van der Waals surface area contributed by atoms with Gasteiger partial charge in [-0.3, -0.25) is 14.8 Å². The van der Waals surface area contributed by atoms with Crippen molar-refractivity contribution >= 4 is 5.97 Å². The maximum atomic E-state index is 11.9. The van der Waals surface area contributed by atoms with E-state index in [1.165, 1.54) is 7.11 Å². The summed E-state index contributed by atoms with van der Waals surface area (Å²) >= 11 is 0. The van der Waals surface area contributed by atoms with E-state index in [9.17, 15) is 4.79 Å². The van der Waals surface area contributed by atoms with Crippen LogP contribution in [0.15, 0.2) is 18.5 Å². The van der Waals surface area contributed by atoms with Crippen LogP contribution in [0.3, 0.4) is 0 Å². The molecule has 5 heteroatoms. The lowest BCUT2D eigenvalue weighted by atomic mass is 9.94. The zero-order valence-corrected chi connectivity index (χ0v) is 12.3. The smallest absolute Gasteiger partial charge is 0.325 e. The maximum Gasteiger partial charge on any atom is 0.325 e. The summed E-state index contributed by atoms with van der Waals surface area (Å²) in [6, 6.07) is 2.16. The number of unbranched alkanes of at least 4 members (excludes halogenated alkanes) is 1. The summed E-state index contributed by atoms with van der Waals surface area (Å²) in [5, 5.41) is 7.46. The van der Waals surface area contributed by atoms with Gasteiger partial charge in [0, 0.05) is 25.0 Å². The number of methoxy groups -OCH3 is 1. The second-order valence-corrected chi connectivity index (χ2v) is 5.35. The topological polar surface area (TPSA) is 56.2 Å². The first-order chi connectivity index (χ1) is 8.98. The van der Waals surface area contributed by atoms with Gasteiger partial charge in [-0.2, -0.15) is 5.10 Å². The Kier molecular flexibility index (Phi) is 6.02. The number of aryl methyl sites for hydroxylation is 1. The van der Waals surface area contributed by atoms with Crippen molar-refractivity contribution in [2.75, 3.05) is 7.11 Å². The zero-order valence-electron chi connectivity index (χ0n) is 12.3. The van der Waals surface area contributed by atoms with Gasteiger partial charge >= 0.3 is 5.97 Å². The summed E-state index contributed by atoms with van der Waals surface area (Å²) in [7, 11) is 1.44. The van der Waals surface area contributed by atoms with Crippen LogP contribution in [0.5, 0.6) is 0 Å². The number of carbonyl (C=O) groups excluding carboxylic acids is 1. The molecule has 108 valence electrons. The minimum Gasteiger partial charge on any atom is -0.468 e. The van der Waals surface area contributed by atoms with Gasteiger partial charge in [-0.1, -0.05) is 0 Å². The van der Waals surface area contributed by atoms with Crippen LogP contribution in [0, 0.1) is 0 Å². The fourth-order valence-corrected chi connectivity index (χ4v) is 2.28. The van der Waals surface area contributed by atoms with E-state index in [2.05, 4.69) is 10.4 Å². The third-order valence-electron chi connectivity index (χ3n) is 3.12. The number of nitrogens with zero attached hydrogens (tertiary/aromatic N) is 2. The van der Waals surface area contributed by atoms with Crippen LogP contribution in [-0.2, 0) is 16.1 Å². The van der Waals surface area contributed by atoms with Gasteiger partial charge in [0.1, 0.15) is 5.54 Å². The lowest BCUT2D eigenvalue weighted by molar-refractivity contribution is -0.148. The third-order valence-corrected chi connectivity index (χ3v) is 3.12. The summed E-state index contributed by atoms with van der Waals surface area (Å²) in [5.74, 6) is -0.194. The normalized spacial score (nSPS) is 14.4. The van der Waals surface area contributed by atoms with Crippen molar-refractivity contribution in [3.05, 3.63) is 18.5 Å². The van der Waals surface area contributed by atoms with Gasteiger partial charge in [-0.05, 0) is 46.1 Å². The van der Waals surface area contributed by atoms with Crippen molar-refractivity contribution in [1.82, 2.24) is 15.1 Å². The number of carbonyl (C=O) groups is 1. The van der Waals surface area contributed by atoms with E-state index in [1.54, 1.807) is 6.20 Å². The summed E-state index contributed by atoms with van der Waals surface area (Å²) in [6.45, 7) is 6.86. The highest BCUT2D eigenvalue weighted by Crippen LogP contribution is 2.17. The molecular formula is C14H25N3O2. The molecule has 0 radical (unpaired) electrons. The molecule has 0 saturated carbocycles. The molecule has 0 bridgehead atoms. The molecule has 1 atom stereocenters. The molecule has 0 aliphatic rings. The van der Waals surface area contributed by atoms with Gasteiger partial charge in [0.05, 0.1) is 7.11 Å². The molecule has 19 heavy (non-hydrogen) atoms. The SMILES string of the molecule is COC(=O)C(C)(CCCCn1cccn1)NC(C)C. The van der Waals surface area contributed by atoms with Crippen LogP contribution in [0.2, 0.25) is 0 Å². The van der Waals surface area contributed by atoms with Crippen molar-refractivity contribution in [1.29, 1.82) is 0 Å². The minimum atomic E-state index is -0.604. The van der Waals surface area contributed by atoms with E-state index >= 15 is 0 Å². The Morgan fingerprint density at radius 3 is 2.74 bits per heavy atom. The molecule has 0 saturated heterocycles. The van der Waals surface area contributed by atoms with Crippen molar-refractivity contribution in [3.8, 4) is 0 Å². The van der Waals surface area contributed by atoms with Crippen LogP contribution in [-0.4, -0.2) is 34.4 Å². The van der Waals surface area contributed by atoms with Crippen LogP contribution >= 0.6 is 0 Å². The van der Waals surface area contributed by atoms with E-state index in [1.807, 2.05) is 37.7 Å². The maximum absolute atomic E-state index is 11.9. The average Bonchev–Trinajstić information content (AvgIpc) is 2.85. The van der Waals surface area contributed by atoms with Crippen molar-refractivity contribution in [2.24, 2.45) is 0 Å². The number of aromatic nitrogens is 2. The lowest BCUT2D eigenvalue weighted by Crippen LogP contribution is -2.52. The molecule has 1 aromatic heterocycles. The van der Waals surface area contributed by atoms with Gasteiger partial charge in [0.25, 0.3) is 0 Å². The summed E-state index contributed by atoms with van der Waals surface area (Å²) in [6.07, 6.45) is 6.43. The Hall–Kier alpha value is -1.36. The Bertz CT molecular complexity index is 376. The molecule has 0 amide bonds. The molecule has 0 spiro atoms. The van der Waals surface area contributed by atoms with E-state index in [4.69, 9.17) is 4.74 Å². The predicted molar refractivity (Wildman–Crippen MR) is 74.8 cm³/mol. The van der Waals surface area contributed by atoms with Crippen LogP contribution in [0.1, 0.15) is 40.0 Å². The zero-order chi connectivity index (χ0) is 14.3. The van der Waals surface area contributed by atoms with E-state index in [0.29, 0.717) is 0 Å². The molecule has 5 nitrogen and oxygen atoms in total.